The maximum atomic E-state index is 4.94. The molecule has 1 aromatic carbocycles. The van der Waals surface area contributed by atoms with Crippen molar-refractivity contribution >= 4 is 34.3 Å². The molecule has 0 saturated heterocycles. The smallest absolute Gasteiger partial charge is 0.216 e. The molecular weight excluding hydrogens is 332 g/mol. The van der Waals surface area contributed by atoms with Gasteiger partial charge in [-0.05, 0) is 37.4 Å². The van der Waals surface area contributed by atoms with Crippen LogP contribution in [0.2, 0.25) is 0 Å². The van der Waals surface area contributed by atoms with E-state index in [0.29, 0.717) is 12.7 Å². The van der Waals surface area contributed by atoms with E-state index in [1.807, 2.05) is 6.07 Å². The second-order valence-corrected chi connectivity index (χ2v) is 7.69. The van der Waals surface area contributed by atoms with Crippen molar-refractivity contribution in [3.05, 3.63) is 46.7 Å². The monoisotopic (exact) mass is 352 g/mol. The minimum Gasteiger partial charge on any atom is -0.331 e. The van der Waals surface area contributed by atoms with Crippen LogP contribution in [0.5, 0.6) is 0 Å². The Morgan fingerprint density at radius 2 is 2.08 bits per heavy atom. The highest BCUT2D eigenvalue weighted by atomic mass is 32.1. The van der Waals surface area contributed by atoms with Gasteiger partial charge in [-0.3, -0.25) is 14.4 Å². The fraction of sp³-hybridized carbons (Fsp3) is 0.333. The third-order valence-electron chi connectivity index (χ3n) is 4.87. The van der Waals surface area contributed by atoms with Crippen LogP contribution in [0.3, 0.4) is 0 Å². The number of aromatic nitrogens is 2. The summed E-state index contributed by atoms with van der Waals surface area (Å²) in [5.74, 6) is 1.88. The lowest BCUT2D eigenvalue weighted by atomic mass is 10.3. The quantitative estimate of drug-likeness (QED) is 0.770. The molecule has 1 atom stereocenters. The first-order chi connectivity index (χ1) is 12.2. The van der Waals surface area contributed by atoms with Gasteiger partial charge in [-0.25, -0.2) is 9.98 Å². The Hall–Kier alpha value is -2.38. The Morgan fingerprint density at radius 1 is 1.20 bits per heavy atom. The topological polar surface area (TPSA) is 48.7 Å². The Kier molecular flexibility index (Phi) is 3.33. The average Bonchev–Trinajstić information content (AvgIpc) is 3.28. The Morgan fingerprint density at radius 3 is 2.88 bits per heavy atom. The number of thiophene rings is 1. The zero-order valence-corrected chi connectivity index (χ0v) is 15.1. The number of nitrogens with one attached hydrogen (secondary N) is 1. The molecule has 25 heavy (non-hydrogen) atoms. The van der Waals surface area contributed by atoms with Crippen LogP contribution in [0.1, 0.15) is 24.9 Å². The molecule has 0 bridgehead atoms. The van der Waals surface area contributed by atoms with Gasteiger partial charge in [-0.1, -0.05) is 18.2 Å². The summed E-state index contributed by atoms with van der Waals surface area (Å²) >= 11 is 1.75. The highest BCUT2D eigenvalue weighted by Crippen LogP contribution is 2.35. The molecule has 1 unspecified atom stereocenters. The van der Waals surface area contributed by atoms with E-state index in [9.17, 15) is 0 Å². The molecule has 0 fully saturated rings. The molecule has 2 aliphatic heterocycles. The van der Waals surface area contributed by atoms with Crippen molar-refractivity contribution in [3.63, 3.8) is 0 Å². The van der Waals surface area contributed by atoms with Crippen molar-refractivity contribution < 1.29 is 0 Å². The van der Waals surface area contributed by atoms with Crippen LogP contribution < -0.4 is 10.2 Å². The van der Waals surface area contributed by atoms with Crippen LogP contribution in [-0.4, -0.2) is 39.8 Å². The standard InChI is InChI=1S/C18H20N6S/c1-12(2)22-10-19-17-21-16(15-8-5-9-25-15)24-14-7-4-3-6-13(14)20-18(24)23(17)11-22/h3-9,12,16H,10-11H2,1-2H3,(H,19,21). The molecule has 4 heterocycles. The van der Waals surface area contributed by atoms with E-state index in [0.717, 1.165) is 29.6 Å². The van der Waals surface area contributed by atoms with Crippen molar-refractivity contribution in [1.29, 1.82) is 0 Å². The fourth-order valence-electron chi connectivity index (χ4n) is 3.45. The first-order valence-corrected chi connectivity index (χ1v) is 9.43. The number of imidazole rings is 1. The SMILES string of the molecule is CC(C)N1CN=C2NC(c3cccs3)n3c(nc4ccccc43)N2C1. The predicted molar refractivity (Wildman–Crippen MR) is 102 cm³/mol. The van der Waals surface area contributed by atoms with Crippen LogP contribution in [0.25, 0.3) is 11.0 Å². The van der Waals surface area contributed by atoms with Crippen LogP contribution in [-0.2, 0) is 0 Å². The predicted octanol–water partition coefficient (Wildman–Crippen LogP) is 3.05. The van der Waals surface area contributed by atoms with Gasteiger partial charge >= 0.3 is 0 Å². The number of benzene rings is 1. The van der Waals surface area contributed by atoms with E-state index in [4.69, 9.17) is 9.98 Å². The zero-order chi connectivity index (χ0) is 17.0. The molecule has 6 nitrogen and oxygen atoms in total. The fourth-order valence-corrected chi connectivity index (χ4v) is 4.22. The molecule has 2 aliphatic rings. The minimum absolute atomic E-state index is 0.0306. The summed E-state index contributed by atoms with van der Waals surface area (Å²) in [7, 11) is 0. The van der Waals surface area contributed by atoms with Crippen molar-refractivity contribution in [2.45, 2.75) is 26.1 Å². The Balaban J connectivity index is 1.70. The zero-order valence-electron chi connectivity index (χ0n) is 14.3. The van der Waals surface area contributed by atoms with Gasteiger partial charge in [0.15, 0.2) is 0 Å². The van der Waals surface area contributed by atoms with E-state index >= 15 is 0 Å². The van der Waals surface area contributed by atoms with Crippen LogP contribution in [0.4, 0.5) is 5.95 Å². The number of hydrogen-bond donors (Lipinski definition) is 1. The maximum absolute atomic E-state index is 4.94. The van der Waals surface area contributed by atoms with Crippen molar-refractivity contribution in [2.75, 3.05) is 18.2 Å². The van der Waals surface area contributed by atoms with Crippen LogP contribution in [0, 0.1) is 0 Å². The summed E-state index contributed by atoms with van der Waals surface area (Å²) in [6, 6.07) is 13.0. The van der Waals surface area contributed by atoms with Gasteiger partial charge in [0.1, 0.15) is 6.17 Å². The van der Waals surface area contributed by atoms with Crippen LogP contribution in [0.15, 0.2) is 46.8 Å². The summed E-state index contributed by atoms with van der Waals surface area (Å²) in [5.41, 5.74) is 2.16. The van der Waals surface area contributed by atoms with E-state index in [-0.39, 0.29) is 6.17 Å². The Labute approximate surface area is 150 Å². The number of rotatable bonds is 2. The second-order valence-electron chi connectivity index (χ2n) is 6.71. The second kappa shape index (κ2) is 5.57. The number of nitrogens with zero attached hydrogens (tertiary/aromatic N) is 5. The van der Waals surface area contributed by atoms with Gasteiger partial charge in [0.25, 0.3) is 0 Å². The van der Waals surface area contributed by atoms with Crippen molar-refractivity contribution in [3.8, 4) is 0 Å². The van der Waals surface area contributed by atoms with Gasteiger partial charge in [0, 0.05) is 10.9 Å². The number of hydrogen-bond acceptors (Lipinski definition) is 6. The van der Waals surface area contributed by atoms with E-state index < -0.39 is 0 Å². The normalized spacial score (nSPS) is 20.4. The number of aliphatic imine (C=N–C) groups is 1. The largest absolute Gasteiger partial charge is 0.331 e. The molecule has 0 radical (unpaired) electrons. The molecule has 2 aromatic heterocycles. The lowest BCUT2D eigenvalue weighted by molar-refractivity contribution is 0.221. The first kappa shape index (κ1) is 14.9. The lowest BCUT2D eigenvalue weighted by Crippen LogP contribution is -2.58. The third-order valence-corrected chi connectivity index (χ3v) is 5.79. The molecule has 7 heteroatoms. The number of guanidine groups is 1. The Bertz CT molecular complexity index is 942. The molecule has 1 N–H and O–H groups in total. The summed E-state index contributed by atoms with van der Waals surface area (Å²) in [6.07, 6.45) is 0.0306. The summed E-state index contributed by atoms with van der Waals surface area (Å²) in [4.78, 5) is 15.5. The van der Waals surface area contributed by atoms with Gasteiger partial charge in [0.2, 0.25) is 11.9 Å². The molecule has 128 valence electrons. The van der Waals surface area contributed by atoms with E-state index in [2.05, 4.69) is 69.2 Å². The number of para-hydroxylation sites is 2. The van der Waals surface area contributed by atoms with E-state index in [1.54, 1.807) is 11.3 Å². The molecule has 3 aromatic rings. The lowest BCUT2D eigenvalue weighted by Gasteiger charge is -2.42. The molecule has 5 rings (SSSR count). The molecule has 0 saturated carbocycles. The highest BCUT2D eigenvalue weighted by Gasteiger charge is 2.36. The van der Waals surface area contributed by atoms with E-state index in [1.165, 1.54) is 4.88 Å². The van der Waals surface area contributed by atoms with Crippen molar-refractivity contribution in [1.82, 2.24) is 19.8 Å². The average molecular weight is 352 g/mol. The number of fused-ring (bicyclic) bond motifs is 5. The molecule has 0 aliphatic carbocycles. The first-order valence-electron chi connectivity index (χ1n) is 8.55. The minimum atomic E-state index is 0.0306. The number of anilines is 1. The molecule has 0 spiro atoms. The highest BCUT2D eigenvalue weighted by molar-refractivity contribution is 7.10. The molecule has 0 amide bonds. The summed E-state index contributed by atoms with van der Waals surface area (Å²) in [5, 5.41) is 5.75. The summed E-state index contributed by atoms with van der Waals surface area (Å²) < 4.78 is 2.30. The van der Waals surface area contributed by atoms with Gasteiger partial charge in [-0.15, -0.1) is 11.3 Å². The van der Waals surface area contributed by atoms with Gasteiger partial charge in [0.05, 0.1) is 24.4 Å². The maximum Gasteiger partial charge on any atom is 0.216 e. The van der Waals surface area contributed by atoms with Crippen LogP contribution >= 0.6 is 11.3 Å². The molecular formula is C18H20N6S. The van der Waals surface area contributed by atoms with Crippen molar-refractivity contribution in [2.24, 2.45) is 4.99 Å². The summed E-state index contributed by atoms with van der Waals surface area (Å²) in [6.45, 7) is 5.92. The van der Waals surface area contributed by atoms with Gasteiger partial charge < -0.3 is 5.32 Å². The third kappa shape index (κ3) is 2.26. The van der Waals surface area contributed by atoms with Gasteiger partial charge in [-0.2, -0.15) is 0 Å².